The summed E-state index contributed by atoms with van der Waals surface area (Å²) in [4.78, 5) is 22.8. The average molecular weight is 303 g/mol. The van der Waals surface area contributed by atoms with Crippen molar-refractivity contribution in [1.82, 2.24) is 0 Å². The van der Waals surface area contributed by atoms with Crippen molar-refractivity contribution in [1.29, 1.82) is 0 Å². The van der Waals surface area contributed by atoms with E-state index in [0.29, 0.717) is 16.0 Å². The van der Waals surface area contributed by atoms with Gasteiger partial charge in [0.1, 0.15) is 0 Å². The van der Waals surface area contributed by atoms with Crippen molar-refractivity contribution < 1.29 is 14.8 Å². The minimum absolute atomic E-state index is 0.0322. The van der Waals surface area contributed by atoms with E-state index in [1.165, 1.54) is 11.8 Å². The number of nitrogens with zero attached hydrogens (tertiary/aromatic N) is 1. The normalized spacial score (nSPS) is 10.3. The molecular formula is C15H13NO4S. The van der Waals surface area contributed by atoms with Crippen molar-refractivity contribution in [2.45, 2.75) is 23.1 Å². The molecule has 0 saturated heterocycles. The maximum Gasteiger partial charge on any atom is 0.307 e. The van der Waals surface area contributed by atoms with Crippen molar-refractivity contribution in [3.8, 4) is 0 Å². The maximum atomic E-state index is 11.1. The summed E-state index contributed by atoms with van der Waals surface area (Å²) in [5.74, 6) is -0.885. The highest BCUT2D eigenvalue weighted by molar-refractivity contribution is 7.99. The summed E-state index contributed by atoms with van der Waals surface area (Å²) in [6, 6.07) is 12.2. The van der Waals surface area contributed by atoms with Gasteiger partial charge in [-0.15, -0.1) is 0 Å². The van der Waals surface area contributed by atoms with Gasteiger partial charge < -0.3 is 5.11 Å². The van der Waals surface area contributed by atoms with E-state index in [1.54, 1.807) is 49.4 Å². The van der Waals surface area contributed by atoms with Gasteiger partial charge in [0.2, 0.25) is 0 Å². The summed E-state index contributed by atoms with van der Waals surface area (Å²) >= 11 is 1.30. The zero-order valence-electron chi connectivity index (χ0n) is 11.3. The van der Waals surface area contributed by atoms with Gasteiger partial charge in [0.05, 0.1) is 16.2 Å². The molecule has 0 aromatic heterocycles. The van der Waals surface area contributed by atoms with E-state index in [9.17, 15) is 14.9 Å². The van der Waals surface area contributed by atoms with Crippen LogP contribution in [0.2, 0.25) is 0 Å². The summed E-state index contributed by atoms with van der Waals surface area (Å²) in [6.45, 7) is 1.71. The number of carboxylic acids is 1. The van der Waals surface area contributed by atoms with Crippen LogP contribution in [0.25, 0.3) is 0 Å². The van der Waals surface area contributed by atoms with Gasteiger partial charge in [-0.2, -0.15) is 0 Å². The molecule has 0 aliphatic rings. The van der Waals surface area contributed by atoms with Crippen LogP contribution in [0.15, 0.2) is 52.3 Å². The molecule has 21 heavy (non-hydrogen) atoms. The Morgan fingerprint density at radius 3 is 2.48 bits per heavy atom. The maximum absolute atomic E-state index is 11.1. The lowest BCUT2D eigenvalue weighted by atomic mass is 10.2. The number of carbonyl (C=O) groups is 1. The fraction of sp³-hybridized carbons (Fsp3) is 0.133. The highest BCUT2D eigenvalue weighted by Crippen LogP contribution is 2.36. The quantitative estimate of drug-likeness (QED) is 0.673. The van der Waals surface area contributed by atoms with Gasteiger partial charge in [0, 0.05) is 10.5 Å². The van der Waals surface area contributed by atoms with Gasteiger partial charge >= 0.3 is 5.97 Å². The molecule has 0 radical (unpaired) electrons. The molecule has 0 bridgehead atoms. The van der Waals surface area contributed by atoms with E-state index >= 15 is 0 Å². The third-order valence-electron chi connectivity index (χ3n) is 2.89. The van der Waals surface area contributed by atoms with E-state index in [1.807, 2.05) is 0 Å². The molecule has 0 aliphatic heterocycles. The van der Waals surface area contributed by atoms with E-state index in [4.69, 9.17) is 5.11 Å². The number of hydrogen-bond donors (Lipinski definition) is 1. The van der Waals surface area contributed by atoms with E-state index in [-0.39, 0.29) is 17.0 Å². The van der Waals surface area contributed by atoms with E-state index in [2.05, 4.69) is 0 Å². The first-order valence-electron chi connectivity index (χ1n) is 6.20. The lowest BCUT2D eigenvalue weighted by Crippen LogP contribution is -1.99. The molecule has 1 N–H and O–H groups in total. The Morgan fingerprint density at radius 2 is 1.90 bits per heavy atom. The Balaban J connectivity index is 2.24. The van der Waals surface area contributed by atoms with Gasteiger partial charge in [-0.05, 0) is 30.7 Å². The number of aryl methyl sites for hydroxylation is 1. The fourth-order valence-electron chi connectivity index (χ4n) is 1.93. The summed E-state index contributed by atoms with van der Waals surface area (Å²) in [7, 11) is 0. The summed E-state index contributed by atoms with van der Waals surface area (Å²) in [5, 5.41) is 19.9. The minimum Gasteiger partial charge on any atom is -0.481 e. The molecule has 0 saturated carbocycles. The van der Waals surface area contributed by atoms with E-state index < -0.39 is 5.97 Å². The summed E-state index contributed by atoms with van der Waals surface area (Å²) in [6.07, 6.45) is -0.0322. The van der Waals surface area contributed by atoms with Crippen molar-refractivity contribution in [3.63, 3.8) is 0 Å². The minimum atomic E-state index is -0.885. The van der Waals surface area contributed by atoms with Crippen LogP contribution in [0.1, 0.15) is 11.1 Å². The Hall–Kier alpha value is -2.34. The Kier molecular flexibility index (Phi) is 4.59. The molecule has 0 heterocycles. The predicted octanol–water partition coefficient (Wildman–Crippen LogP) is 3.68. The highest BCUT2D eigenvalue weighted by atomic mass is 32.2. The van der Waals surface area contributed by atoms with Crippen molar-refractivity contribution in [2.75, 3.05) is 0 Å². The lowest BCUT2D eigenvalue weighted by molar-refractivity contribution is -0.388. The van der Waals surface area contributed by atoms with Gasteiger partial charge in [-0.3, -0.25) is 14.9 Å². The first kappa shape index (κ1) is 15.1. The van der Waals surface area contributed by atoms with Crippen LogP contribution in [-0.2, 0) is 11.2 Å². The molecule has 2 aromatic carbocycles. The topological polar surface area (TPSA) is 80.4 Å². The second-order valence-corrected chi connectivity index (χ2v) is 5.61. The average Bonchev–Trinajstić information content (AvgIpc) is 2.40. The molecule has 0 fully saturated rings. The lowest BCUT2D eigenvalue weighted by Gasteiger charge is -2.06. The van der Waals surface area contributed by atoms with Crippen LogP contribution in [-0.4, -0.2) is 16.0 Å². The predicted molar refractivity (Wildman–Crippen MR) is 79.7 cm³/mol. The highest BCUT2D eigenvalue weighted by Gasteiger charge is 2.17. The number of para-hydroxylation sites is 1. The second kappa shape index (κ2) is 6.41. The SMILES string of the molecule is Cc1cccc(Sc2ccc(CC(=O)O)cc2)c1[N+](=O)[O-]. The molecule has 0 spiro atoms. The molecule has 5 nitrogen and oxygen atoms in total. The third-order valence-corrected chi connectivity index (χ3v) is 3.95. The molecule has 0 amide bonds. The molecule has 108 valence electrons. The zero-order valence-corrected chi connectivity index (χ0v) is 12.1. The summed E-state index contributed by atoms with van der Waals surface area (Å²) < 4.78 is 0. The number of benzene rings is 2. The smallest absolute Gasteiger partial charge is 0.307 e. The van der Waals surface area contributed by atoms with Crippen molar-refractivity contribution in [2.24, 2.45) is 0 Å². The van der Waals surface area contributed by atoms with E-state index in [0.717, 1.165) is 4.90 Å². The van der Waals surface area contributed by atoms with Crippen LogP contribution in [0, 0.1) is 17.0 Å². The van der Waals surface area contributed by atoms with Crippen LogP contribution in [0.4, 0.5) is 5.69 Å². The molecule has 6 heteroatoms. The Bertz CT molecular complexity index is 683. The first-order chi connectivity index (χ1) is 9.97. The monoisotopic (exact) mass is 303 g/mol. The number of aliphatic carboxylic acids is 1. The number of nitro benzene ring substituents is 1. The summed E-state index contributed by atoms with van der Waals surface area (Å²) in [5.41, 5.74) is 1.43. The van der Waals surface area contributed by atoms with Crippen LogP contribution in [0.5, 0.6) is 0 Å². The second-order valence-electron chi connectivity index (χ2n) is 4.50. The zero-order chi connectivity index (χ0) is 15.4. The number of hydrogen-bond acceptors (Lipinski definition) is 4. The number of rotatable bonds is 5. The number of nitro groups is 1. The van der Waals surface area contributed by atoms with Crippen LogP contribution >= 0.6 is 11.8 Å². The first-order valence-corrected chi connectivity index (χ1v) is 7.01. The molecule has 0 unspecified atom stereocenters. The van der Waals surface area contributed by atoms with Gasteiger partial charge in [0.25, 0.3) is 5.69 Å². The molecule has 0 atom stereocenters. The van der Waals surface area contributed by atoms with Gasteiger partial charge in [-0.1, -0.05) is 36.0 Å². The van der Waals surface area contributed by atoms with Crippen LogP contribution in [0.3, 0.4) is 0 Å². The fourth-order valence-corrected chi connectivity index (χ4v) is 2.93. The molecule has 0 aliphatic carbocycles. The van der Waals surface area contributed by atoms with Gasteiger partial charge in [0.15, 0.2) is 0 Å². The van der Waals surface area contributed by atoms with Crippen molar-refractivity contribution >= 4 is 23.4 Å². The molecule has 2 aromatic rings. The largest absolute Gasteiger partial charge is 0.481 e. The standard InChI is InChI=1S/C15H13NO4S/c1-10-3-2-4-13(15(10)16(19)20)21-12-7-5-11(6-8-12)9-14(17)18/h2-8H,9H2,1H3,(H,17,18). The molecule has 2 rings (SSSR count). The van der Waals surface area contributed by atoms with Gasteiger partial charge in [-0.25, -0.2) is 0 Å². The number of carboxylic acid groups (broad SMARTS) is 1. The van der Waals surface area contributed by atoms with Crippen molar-refractivity contribution in [3.05, 3.63) is 63.7 Å². The third kappa shape index (κ3) is 3.82. The molecular weight excluding hydrogens is 290 g/mol. The van der Waals surface area contributed by atoms with Crippen LogP contribution < -0.4 is 0 Å². The Morgan fingerprint density at radius 1 is 1.24 bits per heavy atom. The Labute approximate surface area is 125 Å².